The topological polar surface area (TPSA) is 74.0 Å². The van der Waals surface area contributed by atoms with Crippen LogP contribution in [0.5, 0.6) is 5.88 Å². The van der Waals surface area contributed by atoms with Gasteiger partial charge in [0.1, 0.15) is 5.69 Å². The van der Waals surface area contributed by atoms with E-state index in [9.17, 15) is 0 Å². The molecule has 8 nitrogen and oxygen atoms in total. The van der Waals surface area contributed by atoms with Gasteiger partial charge in [0, 0.05) is 56.5 Å². The van der Waals surface area contributed by atoms with Crippen LogP contribution in [-0.4, -0.2) is 65.5 Å². The van der Waals surface area contributed by atoms with Crippen LogP contribution in [0.4, 0.5) is 5.82 Å². The van der Waals surface area contributed by atoms with Crippen LogP contribution in [-0.2, 0) is 15.9 Å². The molecular formula is C21H27N5O3. The number of rotatable bonds is 6. The SMILES string of the molecule is COc1nc2c(N3CCOCC3)nccn2c1-c1ccc(CC(C)(C)OC)nc1. The minimum absolute atomic E-state index is 0.256. The highest BCUT2D eigenvalue weighted by atomic mass is 16.5. The van der Waals surface area contributed by atoms with Gasteiger partial charge < -0.3 is 19.1 Å². The normalized spacial score (nSPS) is 15.1. The fourth-order valence-electron chi connectivity index (χ4n) is 3.52. The number of fused-ring (bicyclic) bond motifs is 1. The Morgan fingerprint density at radius 3 is 2.59 bits per heavy atom. The number of nitrogens with zero attached hydrogens (tertiary/aromatic N) is 5. The summed E-state index contributed by atoms with van der Waals surface area (Å²) in [6.07, 6.45) is 6.30. The molecule has 0 unspecified atom stereocenters. The molecule has 1 aliphatic rings. The van der Waals surface area contributed by atoms with Crippen molar-refractivity contribution in [2.45, 2.75) is 25.9 Å². The van der Waals surface area contributed by atoms with Crippen LogP contribution < -0.4 is 9.64 Å². The van der Waals surface area contributed by atoms with Gasteiger partial charge in [-0.1, -0.05) is 0 Å². The molecule has 1 aliphatic heterocycles. The van der Waals surface area contributed by atoms with Gasteiger partial charge >= 0.3 is 0 Å². The Bertz CT molecular complexity index is 978. The number of hydrogen-bond acceptors (Lipinski definition) is 7. The summed E-state index contributed by atoms with van der Waals surface area (Å²) in [6.45, 7) is 7.07. The third kappa shape index (κ3) is 3.90. The molecule has 0 amide bonds. The lowest BCUT2D eigenvalue weighted by molar-refractivity contribution is 0.0224. The van der Waals surface area contributed by atoms with Crippen LogP contribution in [0, 0.1) is 0 Å². The number of hydrogen-bond donors (Lipinski definition) is 0. The summed E-state index contributed by atoms with van der Waals surface area (Å²) in [7, 11) is 3.35. The van der Waals surface area contributed by atoms with Crippen molar-refractivity contribution >= 4 is 11.5 Å². The van der Waals surface area contributed by atoms with Gasteiger partial charge in [-0.3, -0.25) is 9.38 Å². The molecule has 29 heavy (non-hydrogen) atoms. The maximum absolute atomic E-state index is 5.60. The van der Waals surface area contributed by atoms with Gasteiger partial charge in [0.05, 0.1) is 25.9 Å². The van der Waals surface area contributed by atoms with Gasteiger partial charge in [-0.05, 0) is 26.0 Å². The maximum Gasteiger partial charge on any atom is 0.240 e. The summed E-state index contributed by atoms with van der Waals surface area (Å²) in [5.74, 6) is 1.39. The standard InChI is InChI=1S/C21H27N5O3/c1-21(2,28-4)13-16-6-5-15(14-23-16)17-20(27-3)24-19-18(22-7-8-26(17)19)25-9-11-29-12-10-25/h5-8,14H,9-13H2,1-4H3. The van der Waals surface area contributed by atoms with Gasteiger partial charge in [-0.15, -0.1) is 0 Å². The molecular weight excluding hydrogens is 370 g/mol. The van der Waals surface area contributed by atoms with Gasteiger partial charge in [0.15, 0.2) is 11.5 Å². The zero-order valence-corrected chi connectivity index (χ0v) is 17.4. The molecule has 4 rings (SSSR count). The molecule has 0 N–H and O–H groups in total. The number of pyridine rings is 1. The van der Waals surface area contributed by atoms with Crippen molar-refractivity contribution in [3.05, 3.63) is 36.4 Å². The predicted octanol–water partition coefficient (Wildman–Crippen LogP) is 2.60. The summed E-state index contributed by atoms with van der Waals surface area (Å²) in [6, 6.07) is 4.08. The summed E-state index contributed by atoms with van der Waals surface area (Å²) in [5, 5.41) is 0. The summed E-state index contributed by atoms with van der Waals surface area (Å²) in [4.78, 5) is 16.1. The highest BCUT2D eigenvalue weighted by Gasteiger charge is 2.23. The molecule has 0 saturated carbocycles. The molecule has 0 aromatic carbocycles. The Kier molecular flexibility index (Phi) is 5.38. The highest BCUT2D eigenvalue weighted by Crippen LogP contribution is 2.33. The monoisotopic (exact) mass is 397 g/mol. The van der Waals surface area contributed by atoms with E-state index < -0.39 is 0 Å². The molecule has 8 heteroatoms. The van der Waals surface area contributed by atoms with E-state index in [1.807, 2.05) is 22.9 Å². The number of methoxy groups -OCH3 is 2. The first-order chi connectivity index (χ1) is 14.0. The van der Waals surface area contributed by atoms with E-state index in [0.29, 0.717) is 19.1 Å². The lowest BCUT2D eigenvalue weighted by Crippen LogP contribution is -2.37. The van der Waals surface area contributed by atoms with E-state index in [4.69, 9.17) is 19.2 Å². The molecule has 1 saturated heterocycles. The molecule has 3 aromatic rings. The Morgan fingerprint density at radius 1 is 1.14 bits per heavy atom. The van der Waals surface area contributed by atoms with E-state index in [0.717, 1.165) is 47.9 Å². The Hall–Kier alpha value is -2.71. The molecule has 1 fully saturated rings. The van der Waals surface area contributed by atoms with Crippen molar-refractivity contribution in [3.8, 4) is 17.1 Å². The van der Waals surface area contributed by atoms with Crippen molar-refractivity contribution < 1.29 is 14.2 Å². The number of anilines is 1. The summed E-state index contributed by atoms with van der Waals surface area (Å²) < 4.78 is 18.6. The smallest absolute Gasteiger partial charge is 0.240 e. The van der Waals surface area contributed by atoms with Gasteiger partial charge in [0.25, 0.3) is 0 Å². The number of imidazole rings is 1. The first kappa shape index (κ1) is 19.6. The van der Waals surface area contributed by atoms with Crippen LogP contribution in [0.1, 0.15) is 19.5 Å². The zero-order valence-electron chi connectivity index (χ0n) is 17.4. The van der Waals surface area contributed by atoms with Crippen LogP contribution in [0.15, 0.2) is 30.7 Å². The predicted molar refractivity (Wildman–Crippen MR) is 111 cm³/mol. The van der Waals surface area contributed by atoms with Crippen molar-refractivity contribution in [3.63, 3.8) is 0 Å². The summed E-state index contributed by atoms with van der Waals surface area (Å²) in [5.41, 5.74) is 3.29. The van der Waals surface area contributed by atoms with E-state index in [2.05, 4.69) is 34.8 Å². The van der Waals surface area contributed by atoms with Crippen molar-refractivity contribution in [2.75, 3.05) is 45.4 Å². The van der Waals surface area contributed by atoms with Crippen LogP contribution in [0.2, 0.25) is 0 Å². The van der Waals surface area contributed by atoms with Crippen molar-refractivity contribution in [1.29, 1.82) is 0 Å². The molecule has 0 bridgehead atoms. The lowest BCUT2D eigenvalue weighted by Gasteiger charge is -2.27. The quantitative estimate of drug-likeness (QED) is 0.633. The third-order valence-corrected chi connectivity index (χ3v) is 5.25. The Labute approximate surface area is 170 Å². The number of ether oxygens (including phenoxy) is 3. The maximum atomic E-state index is 5.60. The van der Waals surface area contributed by atoms with Crippen LogP contribution >= 0.6 is 0 Å². The molecule has 3 aromatic heterocycles. The van der Waals surface area contributed by atoms with E-state index in [-0.39, 0.29) is 5.60 Å². The lowest BCUT2D eigenvalue weighted by atomic mass is 10.0. The van der Waals surface area contributed by atoms with Gasteiger partial charge in [-0.2, -0.15) is 4.98 Å². The summed E-state index contributed by atoms with van der Waals surface area (Å²) >= 11 is 0. The first-order valence-corrected chi connectivity index (χ1v) is 9.76. The Balaban J connectivity index is 1.73. The minimum Gasteiger partial charge on any atom is -0.479 e. The van der Waals surface area contributed by atoms with Gasteiger partial charge in [0.2, 0.25) is 5.88 Å². The minimum atomic E-state index is -0.256. The molecule has 0 spiro atoms. The van der Waals surface area contributed by atoms with Crippen LogP contribution in [0.3, 0.4) is 0 Å². The van der Waals surface area contributed by atoms with Crippen LogP contribution in [0.25, 0.3) is 16.9 Å². The van der Waals surface area contributed by atoms with Gasteiger partial charge in [-0.25, -0.2) is 4.98 Å². The fraction of sp³-hybridized carbons (Fsp3) is 0.476. The second kappa shape index (κ2) is 7.96. The van der Waals surface area contributed by atoms with Crippen molar-refractivity contribution in [1.82, 2.24) is 19.4 Å². The highest BCUT2D eigenvalue weighted by molar-refractivity contribution is 5.75. The molecule has 0 atom stereocenters. The fourth-order valence-corrected chi connectivity index (χ4v) is 3.52. The van der Waals surface area contributed by atoms with E-state index >= 15 is 0 Å². The molecule has 0 aliphatic carbocycles. The second-order valence-electron chi connectivity index (χ2n) is 7.69. The number of morpholine rings is 1. The first-order valence-electron chi connectivity index (χ1n) is 9.76. The molecule has 4 heterocycles. The van der Waals surface area contributed by atoms with E-state index in [1.165, 1.54) is 0 Å². The number of aromatic nitrogens is 4. The van der Waals surface area contributed by atoms with E-state index in [1.54, 1.807) is 20.4 Å². The molecule has 0 radical (unpaired) electrons. The Morgan fingerprint density at radius 2 is 1.93 bits per heavy atom. The second-order valence-corrected chi connectivity index (χ2v) is 7.69. The average molecular weight is 397 g/mol. The average Bonchev–Trinajstić information content (AvgIpc) is 3.13. The van der Waals surface area contributed by atoms with Crippen molar-refractivity contribution in [2.24, 2.45) is 0 Å². The third-order valence-electron chi connectivity index (χ3n) is 5.25. The largest absolute Gasteiger partial charge is 0.479 e. The molecule has 154 valence electrons. The zero-order chi connectivity index (χ0) is 20.4.